The average Bonchev–Trinajstić information content (AvgIpc) is 2.92. The van der Waals surface area contributed by atoms with Crippen LogP contribution in [0.1, 0.15) is 26.5 Å². The summed E-state index contributed by atoms with van der Waals surface area (Å²) in [6, 6.07) is 7.19. The van der Waals surface area contributed by atoms with Crippen molar-refractivity contribution in [3.8, 4) is 5.75 Å². The van der Waals surface area contributed by atoms with E-state index < -0.39 is 11.9 Å². The zero-order valence-corrected chi connectivity index (χ0v) is 10.7. The fourth-order valence-electron chi connectivity index (χ4n) is 1.59. The first-order valence-electron chi connectivity index (χ1n) is 5.72. The Kier molecular flexibility index (Phi) is 4.05. The molecule has 0 radical (unpaired) electrons. The molecule has 1 aromatic heterocycles. The van der Waals surface area contributed by atoms with Crippen LogP contribution in [0.2, 0.25) is 0 Å². The number of benzene rings is 1. The van der Waals surface area contributed by atoms with E-state index in [2.05, 4.69) is 4.74 Å². The summed E-state index contributed by atoms with van der Waals surface area (Å²) in [5.74, 6) is -1.03. The summed E-state index contributed by atoms with van der Waals surface area (Å²) < 4.78 is 14.7. The normalized spacial score (nSPS) is 10.1. The summed E-state index contributed by atoms with van der Waals surface area (Å²) >= 11 is 0. The molecule has 0 saturated carbocycles. The van der Waals surface area contributed by atoms with E-state index in [1.54, 1.807) is 0 Å². The predicted molar refractivity (Wildman–Crippen MR) is 67.3 cm³/mol. The van der Waals surface area contributed by atoms with Crippen molar-refractivity contribution in [1.82, 2.24) is 0 Å². The molecule has 2 rings (SSSR count). The molecule has 104 valence electrons. The van der Waals surface area contributed by atoms with Crippen molar-refractivity contribution in [2.75, 3.05) is 7.11 Å². The lowest BCUT2D eigenvalue weighted by Gasteiger charge is -2.04. The van der Waals surface area contributed by atoms with E-state index in [0.717, 1.165) is 0 Å². The van der Waals surface area contributed by atoms with E-state index in [9.17, 15) is 14.7 Å². The van der Waals surface area contributed by atoms with Crippen LogP contribution in [0.15, 0.2) is 41.0 Å². The quantitative estimate of drug-likeness (QED) is 0.861. The molecular formula is C14H12O6. The largest absolute Gasteiger partial charge is 0.508 e. The first-order valence-corrected chi connectivity index (χ1v) is 5.72. The number of carbonyl (C=O) groups excluding carboxylic acids is 2. The Hall–Kier alpha value is -2.76. The second kappa shape index (κ2) is 5.92. The third kappa shape index (κ3) is 2.97. The first-order chi connectivity index (χ1) is 9.61. The molecule has 6 heteroatoms. The minimum atomic E-state index is -0.631. The molecule has 2 aromatic rings. The molecule has 0 atom stereocenters. The Balaban J connectivity index is 2.04. The molecule has 0 saturated heterocycles. The van der Waals surface area contributed by atoms with Gasteiger partial charge in [-0.3, -0.25) is 0 Å². The van der Waals surface area contributed by atoms with Crippen LogP contribution in [0.5, 0.6) is 5.75 Å². The summed E-state index contributed by atoms with van der Waals surface area (Å²) in [6.45, 7) is -0.202. The summed E-state index contributed by atoms with van der Waals surface area (Å²) in [7, 11) is 1.25. The van der Waals surface area contributed by atoms with E-state index in [4.69, 9.17) is 9.15 Å². The van der Waals surface area contributed by atoms with E-state index in [0.29, 0.717) is 0 Å². The molecule has 0 spiro atoms. The second-order valence-corrected chi connectivity index (χ2v) is 3.88. The SMILES string of the molecule is COC(=O)c1ccoc1COC(=O)c1cccc(O)c1. The molecule has 0 aliphatic heterocycles. The number of hydrogen-bond acceptors (Lipinski definition) is 6. The van der Waals surface area contributed by atoms with Crippen LogP contribution in [-0.2, 0) is 16.1 Å². The standard InChI is InChI=1S/C14H12O6/c1-18-14(17)11-5-6-19-12(11)8-20-13(16)9-3-2-4-10(15)7-9/h2-7,15H,8H2,1H3. The highest BCUT2D eigenvalue weighted by atomic mass is 16.5. The molecule has 1 heterocycles. The van der Waals surface area contributed by atoms with Crippen molar-refractivity contribution in [2.24, 2.45) is 0 Å². The summed E-state index contributed by atoms with van der Waals surface area (Å²) in [5, 5.41) is 9.28. The monoisotopic (exact) mass is 276 g/mol. The number of hydrogen-bond donors (Lipinski definition) is 1. The zero-order chi connectivity index (χ0) is 14.5. The number of methoxy groups -OCH3 is 1. The number of ether oxygens (including phenoxy) is 2. The number of furan rings is 1. The topological polar surface area (TPSA) is 86.0 Å². The van der Waals surface area contributed by atoms with Crippen molar-refractivity contribution in [2.45, 2.75) is 6.61 Å². The fourth-order valence-corrected chi connectivity index (χ4v) is 1.59. The fraction of sp³-hybridized carbons (Fsp3) is 0.143. The maximum absolute atomic E-state index is 11.8. The number of phenols is 1. The van der Waals surface area contributed by atoms with Gasteiger partial charge >= 0.3 is 11.9 Å². The van der Waals surface area contributed by atoms with Crippen LogP contribution in [0, 0.1) is 0 Å². The molecule has 0 bridgehead atoms. The molecule has 0 unspecified atom stereocenters. The van der Waals surface area contributed by atoms with Crippen LogP contribution in [0.3, 0.4) is 0 Å². The third-order valence-corrected chi connectivity index (χ3v) is 2.57. The predicted octanol–water partition coefficient (Wildman–Crippen LogP) is 2.13. The molecule has 0 amide bonds. The zero-order valence-electron chi connectivity index (χ0n) is 10.7. The molecule has 1 N–H and O–H groups in total. The highest BCUT2D eigenvalue weighted by Crippen LogP contribution is 2.16. The molecule has 0 fully saturated rings. The van der Waals surface area contributed by atoms with E-state index in [-0.39, 0.29) is 29.2 Å². The van der Waals surface area contributed by atoms with Crippen LogP contribution >= 0.6 is 0 Å². The lowest BCUT2D eigenvalue weighted by molar-refractivity contribution is 0.0432. The lowest BCUT2D eigenvalue weighted by atomic mass is 10.2. The van der Waals surface area contributed by atoms with Crippen molar-refractivity contribution in [3.05, 3.63) is 53.5 Å². The number of esters is 2. The van der Waals surface area contributed by atoms with E-state index >= 15 is 0 Å². The molecular weight excluding hydrogens is 264 g/mol. The summed E-state index contributed by atoms with van der Waals surface area (Å²) in [4.78, 5) is 23.2. The Morgan fingerprint density at radius 1 is 1.25 bits per heavy atom. The number of phenolic OH excluding ortho intramolecular Hbond substituents is 1. The smallest absolute Gasteiger partial charge is 0.341 e. The van der Waals surface area contributed by atoms with Gasteiger partial charge in [0.1, 0.15) is 11.3 Å². The van der Waals surface area contributed by atoms with Crippen LogP contribution in [0.4, 0.5) is 0 Å². The van der Waals surface area contributed by atoms with Gasteiger partial charge in [-0.1, -0.05) is 6.07 Å². The maximum atomic E-state index is 11.8. The minimum Gasteiger partial charge on any atom is -0.508 e. The Morgan fingerprint density at radius 3 is 2.75 bits per heavy atom. The van der Waals surface area contributed by atoms with Crippen molar-refractivity contribution in [3.63, 3.8) is 0 Å². The third-order valence-electron chi connectivity index (χ3n) is 2.57. The first kappa shape index (κ1) is 13.7. The van der Waals surface area contributed by atoms with Crippen molar-refractivity contribution < 1.29 is 28.6 Å². The Morgan fingerprint density at radius 2 is 2.05 bits per heavy atom. The molecule has 0 aliphatic rings. The van der Waals surface area contributed by atoms with Crippen LogP contribution in [0.25, 0.3) is 0 Å². The Bertz CT molecular complexity index is 628. The van der Waals surface area contributed by atoms with Gasteiger partial charge in [0.2, 0.25) is 0 Å². The molecule has 1 aromatic carbocycles. The van der Waals surface area contributed by atoms with Gasteiger partial charge < -0.3 is 19.0 Å². The number of carbonyl (C=O) groups is 2. The van der Waals surface area contributed by atoms with E-state index in [1.165, 1.54) is 43.7 Å². The van der Waals surface area contributed by atoms with Gasteiger partial charge in [-0.15, -0.1) is 0 Å². The number of rotatable bonds is 4. The average molecular weight is 276 g/mol. The second-order valence-electron chi connectivity index (χ2n) is 3.88. The van der Waals surface area contributed by atoms with Gasteiger partial charge in [0.15, 0.2) is 12.4 Å². The van der Waals surface area contributed by atoms with Gasteiger partial charge in [0.05, 0.1) is 18.9 Å². The minimum absolute atomic E-state index is 0.0345. The summed E-state index contributed by atoms with van der Waals surface area (Å²) in [5.41, 5.74) is 0.410. The van der Waals surface area contributed by atoms with Crippen LogP contribution < -0.4 is 0 Å². The van der Waals surface area contributed by atoms with Crippen molar-refractivity contribution >= 4 is 11.9 Å². The number of aromatic hydroxyl groups is 1. The van der Waals surface area contributed by atoms with Gasteiger partial charge in [-0.05, 0) is 24.3 Å². The van der Waals surface area contributed by atoms with Gasteiger partial charge in [0, 0.05) is 0 Å². The van der Waals surface area contributed by atoms with Crippen molar-refractivity contribution in [1.29, 1.82) is 0 Å². The van der Waals surface area contributed by atoms with E-state index in [1.807, 2.05) is 0 Å². The van der Waals surface area contributed by atoms with Crippen LogP contribution in [-0.4, -0.2) is 24.2 Å². The maximum Gasteiger partial charge on any atom is 0.341 e. The molecule has 6 nitrogen and oxygen atoms in total. The Labute approximate surface area is 114 Å². The van der Waals surface area contributed by atoms with Gasteiger partial charge in [0.25, 0.3) is 0 Å². The lowest BCUT2D eigenvalue weighted by Crippen LogP contribution is -2.08. The summed E-state index contributed by atoms with van der Waals surface area (Å²) in [6.07, 6.45) is 1.31. The van der Waals surface area contributed by atoms with Gasteiger partial charge in [-0.2, -0.15) is 0 Å². The highest BCUT2D eigenvalue weighted by molar-refractivity contribution is 5.91. The molecule has 0 aliphatic carbocycles. The molecule has 20 heavy (non-hydrogen) atoms. The highest BCUT2D eigenvalue weighted by Gasteiger charge is 2.17. The van der Waals surface area contributed by atoms with Gasteiger partial charge in [-0.25, -0.2) is 9.59 Å².